The summed E-state index contributed by atoms with van der Waals surface area (Å²) >= 11 is 0. The van der Waals surface area contributed by atoms with E-state index in [1.165, 1.54) is 25.7 Å². The third-order valence-electron chi connectivity index (χ3n) is 3.24. The lowest BCUT2D eigenvalue weighted by Crippen LogP contribution is -2.36. The van der Waals surface area contributed by atoms with E-state index in [1.807, 2.05) is 0 Å². The second-order valence-corrected chi connectivity index (χ2v) is 5.92. The van der Waals surface area contributed by atoms with E-state index in [1.54, 1.807) is 0 Å². The molecule has 1 aliphatic rings. The molecule has 0 amide bonds. The topological polar surface area (TPSA) is 41.5 Å². The summed E-state index contributed by atoms with van der Waals surface area (Å²) in [4.78, 5) is 0. The van der Waals surface area contributed by atoms with Gasteiger partial charge in [-0.15, -0.1) is 0 Å². The molecular formula is C14H29NO2. The van der Waals surface area contributed by atoms with Crippen molar-refractivity contribution in [1.29, 1.82) is 0 Å². The summed E-state index contributed by atoms with van der Waals surface area (Å²) in [6.45, 7) is 8.62. The molecule has 17 heavy (non-hydrogen) atoms. The highest BCUT2D eigenvalue weighted by molar-refractivity contribution is 4.72. The Morgan fingerprint density at radius 2 is 1.94 bits per heavy atom. The van der Waals surface area contributed by atoms with Gasteiger partial charge in [-0.3, -0.25) is 0 Å². The van der Waals surface area contributed by atoms with E-state index in [0.29, 0.717) is 19.2 Å². The summed E-state index contributed by atoms with van der Waals surface area (Å²) in [5.74, 6) is 1.53. The standard InChI is InChI=1S/C14H29NO2/c1-11(2)4-5-12(3)15-8-14(16)10-17-9-13-6-7-13/h11-16H,4-10H2,1-3H3/t12-,14+/m1/s1. The van der Waals surface area contributed by atoms with Gasteiger partial charge in [0, 0.05) is 19.2 Å². The van der Waals surface area contributed by atoms with Crippen LogP contribution in [0.3, 0.4) is 0 Å². The minimum absolute atomic E-state index is 0.366. The zero-order valence-corrected chi connectivity index (χ0v) is 11.6. The van der Waals surface area contributed by atoms with Crippen LogP contribution in [0.2, 0.25) is 0 Å². The van der Waals surface area contributed by atoms with Crippen molar-refractivity contribution in [1.82, 2.24) is 5.32 Å². The van der Waals surface area contributed by atoms with Gasteiger partial charge in [0.2, 0.25) is 0 Å². The number of hydrogen-bond acceptors (Lipinski definition) is 3. The summed E-state index contributed by atoms with van der Waals surface area (Å²) in [5.41, 5.74) is 0. The van der Waals surface area contributed by atoms with E-state index < -0.39 is 0 Å². The average Bonchev–Trinajstić information content (AvgIpc) is 3.07. The summed E-state index contributed by atoms with van der Waals surface area (Å²) in [6.07, 6.45) is 4.66. The van der Waals surface area contributed by atoms with Crippen LogP contribution in [0.4, 0.5) is 0 Å². The van der Waals surface area contributed by atoms with Crippen LogP contribution in [0.25, 0.3) is 0 Å². The smallest absolute Gasteiger partial charge is 0.0897 e. The average molecular weight is 243 g/mol. The number of hydrogen-bond donors (Lipinski definition) is 2. The van der Waals surface area contributed by atoms with Gasteiger partial charge in [-0.05, 0) is 44.4 Å². The quantitative estimate of drug-likeness (QED) is 0.618. The Bertz CT molecular complexity index is 193. The minimum Gasteiger partial charge on any atom is -0.389 e. The Kier molecular flexibility index (Phi) is 7.09. The van der Waals surface area contributed by atoms with Gasteiger partial charge in [0.25, 0.3) is 0 Å². The van der Waals surface area contributed by atoms with Crippen LogP contribution in [-0.2, 0) is 4.74 Å². The number of aliphatic hydroxyl groups excluding tert-OH is 1. The lowest BCUT2D eigenvalue weighted by Gasteiger charge is -2.18. The van der Waals surface area contributed by atoms with E-state index >= 15 is 0 Å². The van der Waals surface area contributed by atoms with Crippen molar-refractivity contribution in [3.63, 3.8) is 0 Å². The molecule has 0 aromatic heterocycles. The normalized spacial score (nSPS) is 19.6. The van der Waals surface area contributed by atoms with Gasteiger partial charge in [0.1, 0.15) is 0 Å². The van der Waals surface area contributed by atoms with Gasteiger partial charge in [-0.25, -0.2) is 0 Å². The molecule has 1 rings (SSSR count). The summed E-state index contributed by atoms with van der Waals surface area (Å²) in [7, 11) is 0. The molecule has 0 spiro atoms. The minimum atomic E-state index is -0.366. The van der Waals surface area contributed by atoms with Crippen LogP contribution in [-0.4, -0.2) is 37.0 Å². The Balaban J connectivity index is 1.91. The van der Waals surface area contributed by atoms with Crippen molar-refractivity contribution >= 4 is 0 Å². The summed E-state index contributed by atoms with van der Waals surface area (Å²) in [6, 6.07) is 0.482. The first-order valence-corrected chi connectivity index (χ1v) is 7.07. The van der Waals surface area contributed by atoms with Crippen LogP contribution in [0.5, 0.6) is 0 Å². The largest absolute Gasteiger partial charge is 0.389 e. The van der Waals surface area contributed by atoms with Crippen molar-refractivity contribution in [3.8, 4) is 0 Å². The molecule has 0 heterocycles. The molecule has 0 unspecified atom stereocenters. The second-order valence-electron chi connectivity index (χ2n) is 5.92. The maximum Gasteiger partial charge on any atom is 0.0897 e. The van der Waals surface area contributed by atoms with E-state index in [9.17, 15) is 5.11 Å². The lowest BCUT2D eigenvalue weighted by atomic mass is 10.0. The first-order chi connectivity index (χ1) is 8.08. The predicted octanol–water partition coefficient (Wildman–Crippen LogP) is 2.19. The maximum absolute atomic E-state index is 9.72. The number of rotatable bonds is 10. The number of ether oxygens (including phenoxy) is 1. The highest BCUT2D eigenvalue weighted by Crippen LogP contribution is 2.28. The summed E-state index contributed by atoms with van der Waals surface area (Å²) < 4.78 is 5.46. The Hall–Kier alpha value is -0.120. The van der Waals surface area contributed by atoms with E-state index in [2.05, 4.69) is 26.1 Å². The first-order valence-electron chi connectivity index (χ1n) is 7.07. The monoisotopic (exact) mass is 243 g/mol. The molecule has 1 saturated carbocycles. The predicted molar refractivity (Wildman–Crippen MR) is 71.1 cm³/mol. The number of nitrogens with one attached hydrogen (secondary N) is 1. The van der Waals surface area contributed by atoms with Crippen molar-refractivity contribution in [2.75, 3.05) is 19.8 Å². The second kappa shape index (κ2) is 8.06. The van der Waals surface area contributed by atoms with Gasteiger partial charge in [-0.2, -0.15) is 0 Å². The zero-order chi connectivity index (χ0) is 12.7. The van der Waals surface area contributed by atoms with Gasteiger partial charge in [0.15, 0.2) is 0 Å². The van der Waals surface area contributed by atoms with Gasteiger partial charge in [0.05, 0.1) is 12.7 Å². The fourth-order valence-electron chi connectivity index (χ4n) is 1.74. The van der Waals surface area contributed by atoms with E-state index in [-0.39, 0.29) is 6.10 Å². The Morgan fingerprint density at radius 3 is 2.53 bits per heavy atom. The van der Waals surface area contributed by atoms with Crippen LogP contribution in [0, 0.1) is 11.8 Å². The zero-order valence-electron chi connectivity index (χ0n) is 11.6. The van der Waals surface area contributed by atoms with Gasteiger partial charge < -0.3 is 15.2 Å². The molecule has 2 atom stereocenters. The van der Waals surface area contributed by atoms with Crippen LogP contribution >= 0.6 is 0 Å². The molecule has 0 aliphatic heterocycles. The third-order valence-corrected chi connectivity index (χ3v) is 3.24. The molecule has 3 heteroatoms. The molecule has 0 aromatic rings. The Labute approximate surface area is 106 Å². The third kappa shape index (κ3) is 8.58. The van der Waals surface area contributed by atoms with Gasteiger partial charge in [-0.1, -0.05) is 13.8 Å². The molecule has 3 nitrogen and oxygen atoms in total. The summed E-state index contributed by atoms with van der Waals surface area (Å²) in [5, 5.41) is 13.1. The lowest BCUT2D eigenvalue weighted by molar-refractivity contribution is 0.0313. The molecule has 0 bridgehead atoms. The fourth-order valence-corrected chi connectivity index (χ4v) is 1.74. The van der Waals surface area contributed by atoms with Crippen LogP contribution in [0.1, 0.15) is 46.5 Å². The molecule has 1 fully saturated rings. The maximum atomic E-state index is 9.72. The molecule has 0 radical (unpaired) electrons. The molecular weight excluding hydrogens is 214 g/mol. The van der Waals surface area contributed by atoms with Gasteiger partial charge >= 0.3 is 0 Å². The van der Waals surface area contributed by atoms with E-state index in [0.717, 1.165) is 18.4 Å². The highest BCUT2D eigenvalue weighted by atomic mass is 16.5. The van der Waals surface area contributed by atoms with Crippen molar-refractivity contribution < 1.29 is 9.84 Å². The van der Waals surface area contributed by atoms with E-state index in [4.69, 9.17) is 4.74 Å². The number of aliphatic hydroxyl groups is 1. The van der Waals surface area contributed by atoms with Crippen molar-refractivity contribution in [2.24, 2.45) is 11.8 Å². The van der Waals surface area contributed by atoms with Crippen molar-refractivity contribution in [3.05, 3.63) is 0 Å². The SMILES string of the molecule is CC(C)CC[C@@H](C)NC[C@H](O)COCC1CC1. The molecule has 0 aromatic carbocycles. The van der Waals surface area contributed by atoms with Crippen LogP contribution in [0.15, 0.2) is 0 Å². The molecule has 1 aliphatic carbocycles. The molecule has 2 N–H and O–H groups in total. The highest BCUT2D eigenvalue weighted by Gasteiger charge is 2.21. The molecule has 102 valence electrons. The Morgan fingerprint density at radius 1 is 1.24 bits per heavy atom. The van der Waals surface area contributed by atoms with Crippen LogP contribution < -0.4 is 5.32 Å². The fraction of sp³-hybridized carbons (Fsp3) is 1.00. The van der Waals surface area contributed by atoms with Crippen molar-refractivity contribution in [2.45, 2.75) is 58.6 Å². The first kappa shape index (κ1) is 14.9. The molecule has 0 saturated heterocycles.